The molecule has 0 radical (unpaired) electrons. The number of nitrogens with zero attached hydrogens (tertiary/aromatic N) is 2. The SMILES string of the molecule is CCc1ccc(Cn2nccc2NC(=O)c2ccc(OC)c(S(=O)(=O)NC3CCCC3)c2)cc1. The van der Waals surface area contributed by atoms with Gasteiger partial charge in [-0.05, 0) is 48.6 Å². The zero-order chi connectivity index (χ0) is 24.1. The normalized spacial score (nSPS) is 14.3. The number of sulfonamides is 1. The Morgan fingerprint density at radius 2 is 1.79 bits per heavy atom. The number of methoxy groups -OCH3 is 1. The van der Waals surface area contributed by atoms with Crippen LogP contribution in [0, 0.1) is 0 Å². The fraction of sp³-hybridized carbons (Fsp3) is 0.360. The average molecular weight is 483 g/mol. The predicted octanol–water partition coefficient (Wildman–Crippen LogP) is 3.98. The molecule has 4 rings (SSSR count). The Bertz CT molecular complexity index is 1250. The molecule has 1 fully saturated rings. The number of amides is 1. The second-order valence-corrected chi connectivity index (χ2v) is 10.1. The lowest BCUT2D eigenvalue weighted by Gasteiger charge is -2.16. The van der Waals surface area contributed by atoms with Crippen molar-refractivity contribution in [2.24, 2.45) is 0 Å². The quantitative estimate of drug-likeness (QED) is 0.480. The van der Waals surface area contributed by atoms with Gasteiger partial charge in [-0.25, -0.2) is 17.8 Å². The van der Waals surface area contributed by atoms with Gasteiger partial charge >= 0.3 is 0 Å². The maximum absolute atomic E-state index is 13.0. The molecule has 180 valence electrons. The maximum atomic E-state index is 13.0. The Morgan fingerprint density at radius 3 is 2.47 bits per heavy atom. The fourth-order valence-corrected chi connectivity index (χ4v) is 5.66. The first-order valence-corrected chi connectivity index (χ1v) is 13.0. The van der Waals surface area contributed by atoms with Gasteiger partial charge in [0.1, 0.15) is 16.5 Å². The molecule has 1 aliphatic carbocycles. The van der Waals surface area contributed by atoms with E-state index in [4.69, 9.17) is 4.74 Å². The zero-order valence-corrected chi connectivity index (χ0v) is 20.3. The Morgan fingerprint density at radius 1 is 1.09 bits per heavy atom. The number of anilines is 1. The smallest absolute Gasteiger partial charge is 0.256 e. The summed E-state index contributed by atoms with van der Waals surface area (Å²) in [6.07, 6.45) is 6.22. The van der Waals surface area contributed by atoms with Gasteiger partial charge in [-0.15, -0.1) is 0 Å². The molecule has 8 nitrogen and oxygen atoms in total. The number of nitrogens with one attached hydrogen (secondary N) is 2. The van der Waals surface area contributed by atoms with Crippen molar-refractivity contribution in [3.05, 3.63) is 71.4 Å². The highest BCUT2D eigenvalue weighted by atomic mass is 32.2. The topological polar surface area (TPSA) is 102 Å². The van der Waals surface area contributed by atoms with E-state index in [-0.39, 0.29) is 22.3 Å². The molecule has 0 atom stereocenters. The minimum absolute atomic E-state index is 0.0425. The summed E-state index contributed by atoms with van der Waals surface area (Å²) in [5.41, 5.74) is 2.53. The number of carbonyl (C=O) groups excluding carboxylic acids is 1. The third kappa shape index (κ3) is 5.48. The Labute approximate surface area is 200 Å². The summed E-state index contributed by atoms with van der Waals surface area (Å²) >= 11 is 0. The summed E-state index contributed by atoms with van der Waals surface area (Å²) in [4.78, 5) is 13.0. The van der Waals surface area contributed by atoms with Crippen LogP contribution >= 0.6 is 0 Å². The molecular formula is C25H30N4O4S. The van der Waals surface area contributed by atoms with Crippen LogP contribution in [-0.4, -0.2) is 37.3 Å². The zero-order valence-electron chi connectivity index (χ0n) is 19.5. The highest BCUT2D eigenvalue weighted by Crippen LogP contribution is 2.27. The van der Waals surface area contributed by atoms with Crippen LogP contribution in [0.25, 0.3) is 0 Å². The van der Waals surface area contributed by atoms with Gasteiger partial charge < -0.3 is 10.1 Å². The van der Waals surface area contributed by atoms with Crippen LogP contribution < -0.4 is 14.8 Å². The van der Waals surface area contributed by atoms with Crippen LogP contribution in [0.1, 0.15) is 54.1 Å². The van der Waals surface area contributed by atoms with Crippen molar-refractivity contribution in [3.63, 3.8) is 0 Å². The lowest BCUT2D eigenvalue weighted by Crippen LogP contribution is -2.33. The van der Waals surface area contributed by atoms with Crippen molar-refractivity contribution in [2.45, 2.75) is 56.5 Å². The van der Waals surface area contributed by atoms with Crippen LogP contribution in [0.5, 0.6) is 5.75 Å². The van der Waals surface area contributed by atoms with E-state index in [9.17, 15) is 13.2 Å². The number of aryl methyl sites for hydroxylation is 1. The molecule has 0 bridgehead atoms. The van der Waals surface area contributed by atoms with Crippen molar-refractivity contribution in [1.29, 1.82) is 0 Å². The summed E-state index contributed by atoms with van der Waals surface area (Å²) in [7, 11) is -2.42. The van der Waals surface area contributed by atoms with Crippen LogP contribution in [0.2, 0.25) is 0 Å². The summed E-state index contributed by atoms with van der Waals surface area (Å²) < 4.78 is 35.8. The van der Waals surface area contributed by atoms with Gasteiger partial charge in [0.2, 0.25) is 10.0 Å². The molecule has 1 aromatic heterocycles. The number of benzene rings is 2. The Balaban J connectivity index is 1.52. The maximum Gasteiger partial charge on any atom is 0.256 e. The second-order valence-electron chi connectivity index (χ2n) is 8.47. The van der Waals surface area contributed by atoms with Crippen LogP contribution in [-0.2, 0) is 23.0 Å². The summed E-state index contributed by atoms with van der Waals surface area (Å²) in [5.74, 6) is 0.291. The number of carbonyl (C=O) groups is 1. The minimum atomic E-state index is -3.83. The first kappa shape index (κ1) is 24.0. The van der Waals surface area contributed by atoms with Gasteiger partial charge in [0.05, 0.1) is 19.9 Å². The van der Waals surface area contributed by atoms with Gasteiger partial charge in [-0.2, -0.15) is 5.10 Å². The van der Waals surface area contributed by atoms with Gasteiger partial charge in [0, 0.05) is 17.7 Å². The molecule has 0 spiro atoms. The molecule has 0 aliphatic heterocycles. The van der Waals surface area contributed by atoms with E-state index in [1.807, 2.05) is 12.1 Å². The Kier molecular flexibility index (Phi) is 7.33. The van der Waals surface area contributed by atoms with Crippen molar-refractivity contribution in [3.8, 4) is 5.75 Å². The summed E-state index contributed by atoms with van der Waals surface area (Å²) in [6, 6.07) is 14.3. The largest absolute Gasteiger partial charge is 0.495 e. The van der Waals surface area contributed by atoms with E-state index in [2.05, 4.69) is 34.2 Å². The van der Waals surface area contributed by atoms with Gasteiger partial charge in [0.25, 0.3) is 5.91 Å². The molecule has 1 heterocycles. The van der Waals surface area contributed by atoms with Crippen molar-refractivity contribution in [2.75, 3.05) is 12.4 Å². The van der Waals surface area contributed by atoms with Gasteiger partial charge in [-0.3, -0.25) is 4.79 Å². The molecule has 2 N–H and O–H groups in total. The predicted molar refractivity (Wildman–Crippen MR) is 131 cm³/mol. The number of aromatic nitrogens is 2. The van der Waals surface area contributed by atoms with E-state index in [0.29, 0.717) is 12.4 Å². The molecule has 0 saturated heterocycles. The molecule has 1 aliphatic rings. The average Bonchev–Trinajstić information content (AvgIpc) is 3.51. The van der Waals surface area contributed by atoms with Crippen molar-refractivity contribution < 1.29 is 17.9 Å². The van der Waals surface area contributed by atoms with Crippen LogP contribution in [0.3, 0.4) is 0 Å². The standard InChI is InChI=1S/C25H30N4O4S/c1-3-18-8-10-19(11-9-18)17-29-24(14-15-26-29)27-25(30)20-12-13-22(33-2)23(16-20)34(31,32)28-21-6-4-5-7-21/h8-16,21,28H,3-7,17H2,1-2H3,(H,27,30). The van der Waals surface area contributed by atoms with Gasteiger partial charge in [0.15, 0.2) is 0 Å². The van der Waals surface area contributed by atoms with Crippen LogP contribution in [0.15, 0.2) is 59.6 Å². The third-order valence-electron chi connectivity index (χ3n) is 6.11. The Hall–Kier alpha value is -3.17. The summed E-state index contributed by atoms with van der Waals surface area (Å²) in [6.45, 7) is 2.61. The monoisotopic (exact) mass is 482 g/mol. The first-order chi connectivity index (χ1) is 16.4. The van der Waals surface area contributed by atoms with Crippen molar-refractivity contribution in [1.82, 2.24) is 14.5 Å². The van der Waals surface area contributed by atoms with E-state index in [0.717, 1.165) is 37.7 Å². The fourth-order valence-electron chi connectivity index (χ4n) is 4.16. The van der Waals surface area contributed by atoms with Gasteiger partial charge in [-0.1, -0.05) is 44.0 Å². The number of hydrogen-bond donors (Lipinski definition) is 2. The first-order valence-electron chi connectivity index (χ1n) is 11.5. The highest BCUT2D eigenvalue weighted by molar-refractivity contribution is 7.89. The lowest BCUT2D eigenvalue weighted by atomic mass is 10.1. The van der Waals surface area contributed by atoms with Crippen molar-refractivity contribution >= 4 is 21.7 Å². The third-order valence-corrected chi connectivity index (χ3v) is 7.66. The van der Waals surface area contributed by atoms with E-state index in [1.54, 1.807) is 23.0 Å². The lowest BCUT2D eigenvalue weighted by molar-refractivity contribution is 0.102. The van der Waals surface area contributed by atoms with Crippen LogP contribution in [0.4, 0.5) is 5.82 Å². The minimum Gasteiger partial charge on any atom is -0.495 e. The molecule has 0 unspecified atom stereocenters. The molecule has 3 aromatic rings. The number of ether oxygens (including phenoxy) is 1. The second kappa shape index (κ2) is 10.4. The number of hydrogen-bond acceptors (Lipinski definition) is 5. The molecule has 2 aromatic carbocycles. The molecule has 9 heteroatoms. The number of rotatable bonds is 9. The van der Waals surface area contributed by atoms with E-state index >= 15 is 0 Å². The van der Waals surface area contributed by atoms with E-state index < -0.39 is 15.9 Å². The molecule has 1 amide bonds. The summed E-state index contributed by atoms with van der Waals surface area (Å²) in [5, 5.41) is 7.16. The highest BCUT2D eigenvalue weighted by Gasteiger charge is 2.26. The van der Waals surface area contributed by atoms with E-state index in [1.165, 1.54) is 24.8 Å². The molecule has 1 saturated carbocycles. The molecule has 34 heavy (non-hydrogen) atoms. The molecular weight excluding hydrogens is 452 g/mol.